The highest BCUT2D eigenvalue weighted by atomic mass is 16.5. The van der Waals surface area contributed by atoms with Gasteiger partial charge < -0.3 is 19.3 Å². The van der Waals surface area contributed by atoms with Crippen LogP contribution < -0.4 is 4.74 Å². The van der Waals surface area contributed by atoms with Gasteiger partial charge in [0.25, 0.3) is 0 Å². The molecule has 1 N–H and O–H groups in total. The predicted molar refractivity (Wildman–Crippen MR) is 95.2 cm³/mol. The number of piperidine rings is 1. The minimum absolute atomic E-state index is 0.101. The van der Waals surface area contributed by atoms with Crippen LogP contribution in [-0.2, 0) is 6.54 Å². The van der Waals surface area contributed by atoms with Crippen LogP contribution in [0.1, 0.15) is 24.8 Å². The van der Waals surface area contributed by atoms with Crippen LogP contribution >= 0.6 is 0 Å². The van der Waals surface area contributed by atoms with E-state index in [0.29, 0.717) is 0 Å². The number of methoxy groups -OCH3 is 1. The van der Waals surface area contributed by atoms with Crippen molar-refractivity contribution in [3.05, 3.63) is 36.2 Å². The molecule has 0 atom stereocenters. The molecule has 1 aliphatic heterocycles. The molecular formula is C19H27N3O2. The zero-order valence-electron chi connectivity index (χ0n) is 14.6. The SMILES string of the molecule is COc1cc(C)ccc1-c1nccn1CCCN1CCC(O)CC1. The molecule has 0 radical (unpaired) electrons. The third-order valence-corrected chi connectivity index (χ3v) is 4.74. The zero-order valence-corrected chi connectivity index (χ0v) is 14.6. The number of aliphatic hydroxyl groups excluding tert-OH is 1. The first kappa shape index (κ1) is 17.0. The van der Waals surface area contributed by atoms with Gasteiger partial charge in [-0.05, 0) is 50.4 Å². The summed E-state index contributed by atoms with van der Waals surface area (Å²) in [7, 11) is 1.70. The Hall–Kier alpha value is -1.85. The van der Waals surface area contributed by atoms with Gasteiger partial charge in [0.15, 0.2) is 0 Å². The van der Waals surface area contributed by atoms with Gasteiger partial charge in [-0.2, -0.15) is 0 Å². The maximum absolute atomic E-state index is 9.58. The van der Waals surface area contributed by atoms with E-state index < -0.39 is 0 Å². The summed E-state index contributed by atoms with van der Waals surface area (Å²) < 4.78 is 7.73. The van der Waals surface area contributed by atoms with Gasteiger partial charge in [0.2, 0.25) is 0 Å². The molecule has 1 aromatic heterocycles. The van der Waals surface area contributed by atoms with Crippen LogP contribution in [-0.4, -0.2) is 52.4 Å². The number of nitrogens with zero attached hydrogens (tertiary/aromatic N) is 3. The molecule has 0 amide bonds. The third kappa shape index (κ3) is 3.97. The highest BCUT2D eigenvalue weighted by Gasteiger charge is 2.17. The maximum Gasteiger partial charge on any atom is 0.143 e. The molecule has 5 heteroatoms. The number of hydrogen-bond acceptors (Lipinski definition) is 4. The second kappa shape index (κ2) is 7.81. The Morgan fingerprint density at radius 2 is 2.04 bits per heavy atom. The first-order chi connectivity index (χ1) is 11.7. The van der Waals surface area contributed by atoms with Crippen molar-refractivity contribution < 1.29 is 9.84 Å². The van der Waals surface area contributed by atoms with E-state index >= 15 is 0 Å². The number of rotatable bonds is 6. The molecule has 2 aromatic rings. The van der Waals surface area contributed by atoms with Crippen molar-refractivity contribution in [2.75, 3.05) is 26.7 Å². The standard InChI is InChI=1S/C19H27N3O2/c1-15-4-5-17(18(14-15)24-2)19-20-8-13-22(19)10-3-9-21-11-6-16(23)7-12-21/h4-5,8,13-14,16,23H,3,6-7,9-12H2,1-2H3. The van der Waals surface area contributed by atoms with Gasteiger partial charge in [-0.3, -0.25) is 0 Å². The minimum Gasteiger partial charge on any atom is -0.496 e. The summed E-state index contributed by atoms with van der Waals surface area (Å²) in [6.45, 7) is 6.07. The van der Waals surface area contributed by atoms with Crippen LogP contribution in [0.5, 0.6) is 5.75 Å². The van der Waals surface area contributed by atoms with E-state index in [1.54, 1.807) is 7.11 Å². The normalized spacial score (nSPS) is 16.5. The second-order valence-electron chi connectivity index (χ2n) is 6.57. The van der Waals surface area contributed by atoms with E-state index in [-0.39, 0.29) is 6.10 Å². The van der Waals surface area contributed by atoms with Crippen molar-refractivity contribution in [3.63, 3.8) is 0 Å². The number of imidazole rings is 1. The lowest BCUT2D eigenvalue weighted by Gasteiger charge is -2.29. The number of aryl methyl sites for hydroxylation is 2. The lowest BCUT2D eigenvalue weighted by Crippen LogP contribution is -2.36. The number of benzene rings is 1. The molecule has 0 saturated carbocycles. The summed E-state index contributed by atoms with van der Waals surface area (Å²) in [6.07, 6.45) is 6.66. The molecule has 0 spiro atoms. The van der Waals surface area contributed by atoms with Crippen molar-refractivity contribution in [3.8, 4) is 17.1 Å². The Morgan fingerprint density at radius 3 is 2.79 bits per heavy atom. The van der Waals surface area contributed by atoms with Gasteiger partial charge in [0, 0.05) is 32.0 Å². The highest BCUT2D eigenvalue weighted by Crippen LogP contribution is 2.29. The number of aromatic nitrogens is 2. The van der Waals surface area contributed by atoms with E-state index in [0.717, 1.165) is 62.6 Å². The molecule has 3 rings (SSSR count). The van der Waals surface area contributed by atoms with Crippen molar-refractivity contribution in [1.29, 1.82) is 0 Å². The molecule has 0 bridgehead atoms. The van der Waals surface area contributed by atoms with Gasteiger partial charge in [0.1, 0.15) is 11.6 Å². The molecule has 24 heavy (non-hydrogen) atoms. The second-order valence-corrected chi connectivity index (χ2v) is 6.57. The summed E-state index contributed by atoms with van der Waals surface area (Å²) in [5, 5.41) is 9.58. The number of ether oxygens (including phenoxy) is 1. The highest BCUT2D eigenvalue weighted by molar-refractivity contribution is 5.65. The van der Waals surface area contributed by atoms with Gasteiger partial charge in [-0.1, -0.05) is 6.07 Å². The van der Waals surface area contributed by atoms with E-state index in [2.05, 4.69) is 33.5 Å². The Kier molecular flexibility index (Phi) is 5.53. The quantitative estimate of drug-likeness (QED) is 0.885. The molecule has 5 nitrogen and oxygen atoms in total. The summed E-state index contributed by atoms with van der Waals surface area (Å²) in [5.41, 5.74) is 2.22. The van der Waals surface area contributed by atoms with Crippen LogP contribution in [0.25, 0.3) is 11.4 Å². The Labute approximate surface area is 143 Å². The smallest absolute Gasteiger partial charge is 0.143 e. The molecule has 0 aliphatic carbocycles. The molecule has 1 aliphatic rings. The molecule has 2 heterocycles. The monoisotopic (exact) mass is 329 g/mol. The lowest BCUT2D eigenvalue weighted by molar-refractivity contribution is 0.0815. The molecule has 1 aromatic carbocycles. The van der Waals surface area contributed by atoms with Crippen LogP contribution in [0.2, 0.25) is 0 Å². The average Bonchev–Trinajstić information content (AvgIpc) is 3.05. The topological polar surface area (TPSA) is 50.5 Å². The number of aliphatic hydroxyl groups is 1. The van der Waals surface area contributed by atoms with Gasteiger partial charge in [-0.15, -0.1) is 0 Å². The minimum atomic E-state index is -0.101. The lowest BCUT2D eigenvalue weighted by atomic mass is 10.1. The largest absolute Gasteiger partial charge is 0.496 e. The van der Waals surface area contributed by atoms with Crippen LogP contribution in [0.4, 0.5) is 0 Å². The van der Waals surface area contributed by atoms with Crippen LogP contribution in [0.15, 0.2) is 30.6 Å². The van der Waals surface area contributed by atoms with Gasteiger partial charge in [-0.25, -0.2) is 4.98 Å². The fourth-order valence-electron chi connectivity index (χ4n) is 3.32. The summed E-state index contributed by atoms with van der Waals surface area (Å²) in [4.78, 5) is 6.98. The fraction of sp³-hybridized carbons (Fsp3) is 0.526. The van der Waals surface area contributed by atoms with E-state index in [4.69, 9.17) is 4.74 Å². The molecule has 130 valence electrons. The van der Waals surface area contributed by atoms with Crippen molar-refractivity contribution >= 4 is 0 Å². The van der Waals surface area contributed by atoms with Crippen molar-refractivity contribution in [2.45, 2.75) is 38.8 Å². The van der Waals surface area contributed by atoms with Gasteiger partial charge in [0.05, 0.1) is 18.8 Å². The van der Waals surface area contributed by atoms with Crippen LogP contribution in [0, 0.1) is 6.92 Å². The average molecular weight is 329 g/mol. The van der Waals surface area contributed by atoms with E-state index in [1.165, 1.54) is 5.56 Å². The molecule has 1 saturated heterocycles. The summed E-state index contributed by atoms with van der Waals surface area (Å²) >= 11 is 0. The first-order valence-corrected chi connectivity index (χ1v) is 8.74. The number of hydrogen-bond donors (Lipinski definition) is 1. The van der Waals surface area contributed by atoms with Gasteiger partial charge >= 0.3 is 0 Å². The summed E-state index contributed by atoms with van der Waals surface area (Å²) in [5.74, 6) is 1.83. The third-order valence-electron chi connectivity index (χ3n) is 4.74. The van der Waals surface area contributed by atoms with E-state index in [9.17, 15) is 5.11 Å². The first-order valence-electron chi connectivity index (χ1n) is 8.74. The maximum atomic E-state index is 9.58. The van der Waals surface area contributed by atoms with Crippen LogP contribution in [0.3, 0.4) is 0 Å². The van der Waals surface area contributed by atoms with Crippen molar-refractivity contribution in [1.82, 2.24) is 14.5 Å². The van der Waals surface area contributed by atoms with Crippen molar-refractivity contribution in [2.24, 2.45) is 0 Å². The molecular weight excluding hydrogens is 302 g/mol. The van der Waals surface area contributed by atoms with E-state index in [1.807, 2.05) is 18.5 Å². The Balaban J connectivity index is 1.63. The Morgan fingerprint density at radius 1 is 1.25 bits per heavy atom. The molecule has 0 unspecified atom stereocenters. The Bertz CT molecular complexity index is 660. The molecule has 1 fully saturated rings. The zero-order chi connectivity index (χ0) is 16.9. The fourth-order valence-corrected chi connectivity index (χ4v) is 3.32. The number of likely N-dealkylation sites (tertiary alicyclic amines) is 1. The predicted octanol–water partition coefficient (Wildman–Crippen LogP) is 2.71. The summed E-state index contributed by atoms with van der Waals surface area (Å²) in [6, 6.07) is 6.22.